The van der Waals surface area contributed by atoms with Gasteiger partial charge < -0.3 is 29.7 Å². The highest BCUT2D eigenvalue weighted by Crippen LogP contribution is 2.33. The Kier molecular flexibility index (Phi) is 13.8. The average molecular weight is 740 g/mol. The van der Waals surface area contributed by atoms with Crippen molar-refractivity contribution >= 4 is 35.1 Å². The SMILES string of the molecule is CCC(C(=O)Nc1ccc(C(=O)OC[C@H](NCCN2CCCC2)C(=O)OCc2ccccc2)cc1)n1cc(OC)c(-c2cc(Cl)ccc2C#N)cc1=O. The first-order valence-corrected chi connectivity index (χ1v) is 17.8. The molecule has 2 atom stereocenters. The van der Waals surface area contributed by atoms with E-state index in [2.05, 4.69) is 21.6 Å². The molecule has 276 valence electrons. The first-order chi connectivity index (χ1) is 25.7. The van der Waals surface area contributed by atoms with E-state index in [4.69, 9.17) is 25.8 Å². The van der Waals surface area contributed by atoms with E-state index in [9.17, 15) is 24.4 Å². The summed E-state index contributed by atoms with van der Waals surface area (Å²) < 4.78 is 17.9. The van der Waals surface area contributed by atoms with E-state index in [1.54, 1.807) is 37.3 Å². The molecule has 2 heterocycles. The van der Waals surface area contributed by atoms with Gasteiger partial charge in [0.05, 0.1) is 30.5 Å². The van der Waals surface area contributed by atoms with Crippen molar-refractivity contribution in [1.29, 1.82) is 5.26 Å². The van der Waals surface area contributed by atoms with Crippen molar-refractivity contribution in [3.05, 3.63) is 117 Å². The fraction of sp³-hybridized carbons (Fsp3) is 0.325. The topological polar surface area (TPSA) is 152 Å². The fourth-order valence-electron chi connectivity index (χ4n) is 6.09. The average Bonchev–Trinajstić information content (AvgIpc) is 3.70. The molecule has 53 heavy (non-hydrogen) atoms. The molecular formula is C40H42ClN5O7. The molecule has 0 radical (unpaired) electrons. The lowest BCUT2D eigenvalue weighted by Crippen LogP contribution is -2.45. The van der Waals surface area contributed by atoms with Crippen molar-refractivity contribution in [2.45, 2.75) is 44.9 Å². The van der Waals surface area contributed by atoms with Gasteiger partial charge >= 0.3 is 11.9 Å². The van der Waals surface area contributed by atoms with E-state index in [1.807, 2.05) is 30.3 Å². The van der Waals surface area contributed by atoms with Gasteiger partial charge in [-0.05, 0) is 80.4 Å². The summed E-state index contributed by atoms with van der Waals surface area (Å²) >= 11 is 6.18. The first-order valence-electron chi connectivity index (χ1n) is 17.4. The predicted molar refractivity (Wildman–Crippen MR) is 201 cm³/mol. The van der Waals surface area contributed by atoms with E-state index in [-0.39, 0.29) is 30.9 Å². The van der Waals surface area contributed by atoms with Gasteiger partial charge in [0.15, 0.2) is 0 Å². The summed E-state index contributed by atoms with van der Waals surface area (Å²) in [7, 11) is 1.43. The van der Waals surface area contributed by atoms with Gasteiger partial charge in [0.1, 0.15) is 31.0 Å². The number of likely N-dealkylation sites (tertiary alicyclic amines) is 1. The number of hydrogen-bond donors (Lipinski definition) is 2. The lowest BCUT2D eigenvalue weighted by Gasteiger charge is -2.21. The Morgan fingerprint density at radius 2 is 1.70 bits per heavy atom. The Bertz CT molecular complexity index is 1990. The molecule has 0 bridgehead atoms. The molecule has 1 amide bonds. The molecule has 5 rings (SSSR count). The van der Waals surface area contributed by atoms with Crippen LogP contribution in [0, 0.1) is 11.3 Å². The van der Waals surface area contributed by atoms with Gasteiger partial charge in [-0.2, -0.15) is 5.26 Å². The van der Waals surface area contributed by atoms with Crippen LogP contribution in [0.4, 0.5) is 5.69 Å². The number of nitrogens with zero attached hydrogens (tertiary/aromatic N) is 3. The molecule has 12 nitrogen and oxygen atoms in total. The standard InChI is InChI=1S/C40H42ClN5O7/c1-3-35(46-24-36(51-2)33(22-37(46)47)32-21-30(41)14-11-29(32)23-42)38(48)44-31-15-12-28(13-16-31)39(49)53-26-34(43-17-20-45-18-7-8-19-45)40(50)52-25-27-9-5-4-6-10-27/h4-6,9-16,21-22,24,34-35,43H,3,7-8,17-20,25-26H2,1-2H3,(H,44,48)/t34-,35?/m0/s1. The number of anilines is 1. The molecule has 1 unspecified atom stereocenters. The summed E-state index contributed by atoms with van der Waals surface area (Å²) in [5, 5.41) is 16.0. The smallest absolute Gasteiger partial charge is 0.338 e. The Morgan fingerprint density at radius 1 is 0.962 bits per heavy atom. The largest absolute Gasteiger partial charge is 0.495 e. The Morgan fingerprint density at radius 3 is 2.38 bits per heavy atom. The highest BCUT2D eigenvalue weighted by atomic mass is 35.5. The summed E-state index contributed by atoms with van der Waals surface area (Å²) in [5.41, 5.74) is 2.11. The number of methoxy groups -OCH3 is 1. The number of aromatic nitrogens is 1. The van der Waals surface area contributed by atoms with Crippen molar-refractivity contribution in [3.63, 3.8) is 0 Å². The number of nitriles is 1. The highest BCUT2D eigenvalue weighted by Gasteiger charge is 2.25. The van der Waals surface area contributed by atoms with Crippen LogP contribution in [0.15, 0.2) is 89.9 Å². The molecule has 1 aromatic heterocycles. The molecule has 3 aromatic carbocycles. The summed E-state index contributed by atoms with van der Waals surface area (Å²) in [4.78, 5) is 55.2. The highest BCUT2D eigenvalue weighted by molar-refractivity contribution is 6.31. The lowest BCUT2D eigenvalue weighted by atomic mass is 10.00. The number of nitrogens with one attached hydrogen (secondary N) is 2. The monoisotopic (exact) mass is 739 g/mol. The molecule has 0 saturated carbocycles. The molecule has 4 aromatic rings. The van der Waals surface area contributed by atoms with Gasteiger partial charge in [-0.3, -0.25) is 19.0 Å². The number of carbonyl (C=O) groups is 3. The molecule has 13 heteroatoms. The number of ether oxygens (including phenoxy) is 3. The second-order valence-electron chi connectivity index (χ2n) is 12.5. The minimum absolute atomic E-state index is 0.101. The van der Waals surface area contributed by atoms with Crippen LogP contribution in [0.1, 0.15) is 53.7 Å². The number of rotatable bonds is 16. The minimum Gasteiger partial charge on any atom is -0.495 e. The van der Waals surface area contributed by atoms with E-state index >= 15 is 0 Å². The van der Waals surface area contributed by atoms with E-state index < -0.39 is 35.5 Å². The molecule has 1 aliphatic heterocycles. The summed E-state index contributed by atoms with van der Waals surface area (Å²) in [6, 6.07) is 21.8. The zero-order valence-electron chi connectivity index (χ0n) is 29.7. The normalized spacial score (nSPS) is 13.8. The van der Waals surface area contributed by atoms with Gasteiger partial charge in [-0.1, -0.05) is 48.9 Å². The van der Waals surface area contributed by atoms with Crippen LogP contribution in [-0.2, 0) is 25.7 Å². The predicted octanol–water partition coefficient (Wildman–Crippen LogP) is 5.59. The van der Waals surface area contributed by atoms with Gasteiger partial charge in [0, 0.05) is 41.0 Å². The molecule has 0 spiro atoms. The molecule has 0 aliphatic carbocycles. The molecule has 2 N–H and O–H groups in total. The van der Waals surface area contributed by atoms with Crippen LogP contribution < -0.4 is 20.9 Å². The fourth-order valence-corrected chi connectivity index (χ4v) is 6.26. The van der Waals surface area contributed by atoms with Crippen molar-refractivity contribution in [3.8, 4) is 22.9 Å². The Labute approximate surface area is 313 Å². The minimum atomic E-state index is -0.901. The zero-order valence-corrected chi connectivity index (χ0v) is 30.4. The Balaban J connectivity index is 1.22. The van der Waals surface area contributed by atoms with Crippen LogP contribution in [0.2, 0.25) is 5.02 Å². The number of amides is 1. The quantitative estimate of drug-likeness (QED) is 0.139. The maximum atomic E-state index is 13.5. The number of hydrogen-bond acceptors (Lipinski definition) is 10. The number of halogens is 1. The van der Waals surface area contributed by atoms with E-state index in [0.717, 1.165) is 38.0 Å². The molecular weight excluding hydrogens is 698 g/mol. The number of pyridine rings is 1. The number of benzene rings is 3. The maximum Gasteiger partial charge on any atom is 0.338 e. The third kappa shape index (κ3) is 10.3. The van der Waals surface area contributed by atoms with Crippen molar-refractivity contribution < 1.29 is 28.6 Å². The van der Waals surface area contributed by atoms with Crippen LogP contribution in [0.5, 0.6) is 5.75 Å². The zero-order chi connectivity index (χ0) is 37.7. The second kappa shape index (κ2) is 18.8. The van der Waals surface area contributed by atoms with Crippen LogP contribution >= 0.6 is 11.6 Å². The van der Waals surface area contributed by atoms with Gasteiger partial charge in [-0.15, -0.1) is 0 Å². The number of esters is 2. The summed E-state index contributed by atoms with van der Waals surface area (Å²) in [5.74, 6) is -1.34. The molecule has 1 aliphatic rings. The summed E-state index contributed by atoms with van der Waals surface area (Å²) in [6.45, 7) is 4.98. The van der Waals surface area contributed by atoms with Crippen molar-refractivity contribution in [2.24, 2.45) is 0 Å². The number of carbonyl (C=O) groups excluding carboxylic acids is 3. The second-order valence-corrected chi connectivity index (χ2v) is 13.0. The Hall–Kier alpha value is -5.48. The lowest BCUT2D eigenvalue weighted by molar-refractivity contribution is -0.148. The van der Waals surface area contributed by atoms with Gasteiger partial charge in [-0.25, -0.2) is 4.79 Å². The maximum absolute atomic E-state index is 13.5. The van der Waals surface area contributed by atoms with Gasteiger partial charge in [0.2, 0.25) is 5.91 Å². The van der Waals surface area contributed by atoms with E-state index in [0.29, 0.717) is 33.9 Å². The molecule has 1 saturated heterocycles. The van der Waals surface area contributed by atoms with E-state index in [1.165, 1.54) is 36.1 Å². The van der Waals surface area contributed by atoms with Crippen molar-refractivity contribution in [1.82, 2.24) is 14.8 Å². The summed E-state index contributed by atoms with van der Waals surface area (Å²) in [6.07, 6.45) is 4.03. The van der Waals surface area contributed by atoms with Gasteiger partial charge in [0.25, 0.3) is 5.56 Å². The third-order valence-corrected chi connectivity index (χ3v) is 9.21. The third-order valence-electron chi connectivity index (χ3n) is 8.98. The molecule has 1 fully saturated rings. The van der Waals surface area contributed by atoms with Crippen LogP contribution in [-0.4, -0.2) is 73.3 Å². The van der Waals surface area contributed by atoms with Crippen LogP contribution in [0.25, 0.3) is 11.1 Å². The van der Waals surface area contributed by atoms with Crippen LogP contribution in [0.3, 0.4) is 0 Å². The first kappa shape index (κ1) is 38.7. The van der Waals surface area contributed by atoms with Crippen molar-refractivity contribution in [2.75, 3.05) is 45.2 Å².